The summed E-state index contributed by atoms with van der Waals surface area (Å²) < 4.78 is 18.5. The van der Waals surface area contributed by atoms with Gasteiger partial charge in [-0.3, -0.25) is 4.79 Å². The lowest BCUT2D eigenvalue weighted by atomic mass is 10.0. The standard InChI is InChI=1S/C20H20FN3O2S/c1-12-4-5-16(10-13(12)2)14(3)22-18(25)11-27-20-24-23-19(26-20)15-6-8-17(21)9-7-15/h4-10,14H,11H2,1-3H3,(H,22,25)/t14-/m0/s1. The third kappa shape index (κ3) is 4.95. The molecule has 0 fully saturated rings. The first-order valence-corrected chi connectivity index (χ1v) is 9.49. The monoisotopic (exact) mass is 385 g/mol. The summed E-state index contributed by atoms with van der Waals surface area (Å²) in [5.41, 5.74) is 4.11. The summed E-state index contributed by atoms with van der Waals surface area (Å²) in [6.45, 7) is 6.06. The van der Waals surface area contributed by atoms with E-state index in [1.807, 2.05) is 13.0 Å². The molecule has 0 radical (unpaired) electrons. The molecule has 27 heavy (non-hydrogen) atoms. The molecule has 0 unspecified atom stereocenters. The average molecular weight is 385 g/mol. The van der Waals surface area contributed by atoms with E-state index in [9.17, 15) is 9.18 Å². The molecule has 0 aliphatic carbocycles. The van der Waals surface area contributed by atoms with Crippen molar-refractivity contribution >= 4 is 17.7 Å². The number of hydrogen-bond donors (Lipinski definition) is 1. The summed E-state index contributed by atoms with van der Waals surface area (Å²) >= 11 is 1.16. The van der Waals surface area contributed by atoms with Gasteiger partial charge in [0.1, 0.15) is 5.82 Å². The fraction of sp³-hybridized carbons (Fsp3) is 0.250. The summed E-state index contributed by atoms with van der Waals surface area (Å²) in [6.07, 6.45) is 0. The molecule has 0 saturated carbocycles. The molecular formula is C20H20FN3O2S. The zero-order chi connectivity index (χ0) is 19.4. The van der Waals surface area contributed by atoms with E-state index in [1.54, 1.807) is 12.1 Å². The summed E-state index contributed by atoms with van der Waals surface area (Å²) in [4.78, 5) is 12.2. The molecule has 1 heterocycles. The molecule has 1 amide bonds. The Morgan fingerprint density at radius 2 is 1.89 bits per heavy atom. The zero-order valence-corrected chi connectivity index (χ0v) is 16.1. The van der Waals surface area contributed by atoms with Gasteiger partial charge in [0.15, 0.2) is 0 Å². The first-order valence-electron chi connectivity index (χ1n) is 8.51. The number of thioether (sulfide) groups is 1. The summed E-state index contributed by atoms with van der Waals surface area (Å²) in [6, 6.07) is 11.9. The minimum atomic E-state index is -0.331. The number of rotatable bonds is 6. The maximum Gasteiger partial charge on any atom is 0.277 e. The lowest BCUT2D eigenvalue weighted by Gasteiger charge is -2.15. The van der Waals surface area contributed by atoms with Crippen LogP contribution in [0.3, 0.4) is 0 Å². The quantitative estimate of drug-likeness (QED) is 0.635. The molecule has 7 heteroatoms. The van der Waals surface area contributed by atoms with Crippen LogP contribution < -0.4 is 5.32 Å². The van der Waals surface area contributed by atoms with Crippen LogP contribution in [-0.4, -0.2) is 21.9 Å². The lowest BCUT2D eigenvalue weighted by molar-refractivity contribution is -0.119. The van der Waals surface area contributed by atoms with Crippen LogP contribution in [0.25, 0.3) is 11.5 Å². The van der Waals surface area contributed by atoms with E-state index in [1.165, 1.54) is 23.3 Å². The van der Waals surface area contributed by atoms with Crippen molar-refractivity contribution in [3.05, 3.63) is 65.0 Å². The summed E-state index contributed by atoms with van der Waals surface area (Å²) in [7, 11) is 0. The van der Waals surface area contributed by atoms with Crippen LogP contribution >= 0.6 is 11.8 Å². The van der Waals surface area contributed by atoms with Crippen molar-refractivity contribution in [3.8, 4) is 11.5 Å². The first-order chi connectivity index (χ1) is 12.9. The Morgan fingerprint density at radius 1 is 1.15 bits per heavy atom. The van der Waals surface area contributed by atoms with E-state index in [0.29, 0.717) is 16.7 Å². The summed E-state index contributed by atoms with van der Waals surface area (Å²) in [5, 5.41) is 11.1. The highest BCUT2D eigenvalue weighted by atomic mass is 32.2. The second-order valence-electron chi connectivity index (χ2n) is 6.30. The molecule has 140 valence electrons. The Bertz CT molecular complexity index is 941. The van der Waals surface area contributed by atoms with E-state index < -0.39 is 0 Å². The number of aromatic nitrogens is 2. The minimum absolute atomic E-state index is 0.0881. The zero-order valence-electron chi connectivity index (χ0n) is 15.3. The molecule has 0 saturated heterocycles. The highest BCUT2D eigenvalue weighted by Crippen LogP contribution is 2.23. The normalized spacial score (nSPS) is 12.0. The van der Waals surface area contributed by atoms with E-state index in [-0.39, 0.29) is 23.5 Å². The lowest BCUT2D eigenvalue weighted by Crippen LogP contribution is -2.28. The van der Waals surface area contributed by atoms with Crippen molar-refractivity contribution in [1.29, 1.82) is 0 Å². The molecule has 1 atom stereocenters. The average Bonchev–Trinajstić information content (AvgIpc) is 3.12. The van der Waals surface area contributed by atoms with Crippen LogP contribution in [0.15, 0.2) is 52.1 Å². The summed E-state index contributed by atoms with van der Waals surface area (Å²) in [5.74, 6) is 0.0105. The number of nitrogens with zero attached hydrogens (tertiary/aromatic N) is 2. The number of nitrogens with one attached hydrogen (secondary N) is 1. The van der Waals surface area contributed by atoms with Crippen LogP contribution in [0.1, 0.15) is 29.7 Å². The number of carbonyl (C=O) groups is 1. The Kier molecular flexibility index (Phi) is 5.91. The molecule has 0 bridgehead atoms. The van der Waals surface area contributed by atoms with Crippen molar-refractivity contribution in [2.45, 2.75) is 32.0 Å². The van der Waals surface area contributed by atoms with Gasteiger partial charge in [-0.05, 0) is 61.7 Å². The van der Waals surface area contributed by atoms with Crippen LogP contribution in [0.2, 0.25) is 0 Å². The second-order valence-corrected chi connectivity index (χ2v) is 7.23. The van der Waals surface area contributed by atoms with Crippen LogP contribution in [-0.2, 0) is 4.79 Å². The maximum absolute atomic E-state index is 13.0. The predicted molar refractivity (Wildman–Crippen MR) is 103 cm³/mol. The van der Waals surface area contributed by atoms with Gasteiger partial charge in [-0.1, -0.05) is 30.0 Å². The topological polar surface area (TPSA) is 68.0 Å². The molecule has 1 N–H and O–H groups in total. The van der Waals surface area contributed by atoms with Crippen molar-refractivity contribution in [2.75, 3.05) is 5.75 Å². The van der Waals surface area contributed by atoms with Gasteiger partial charge in [-0.2, -0.15) is 0 Å². The molecule has 1 aromatic heterocycles. The number of carbonyl (C=O) groups excluding carboxylic acids is 1. The van der Waals surface area contributed by atoms with Crippen LogP contribution in [0.5, 0.6) is 0 Å². The van der Waals surface area contributed by atoms with Crippen LogP contribution in [0, 0.1) is 19.7 Å². The molecule has 0 aliphatic heterocycles. The number of benzene rings is 2. The first kappa shape index (κ1) is 19.1. The molecule has 3 aromatic rings. The van der Waals surface area contributed by atoms with Crippen molar-refractivity contribution in [1.82, 2.24) is 15.5 Å². The second kappa shape index (κ2) is 8.35. The highest BCUT2D eigenvalue weighted by Gasteiger charge is 2.14. The third-order valence-corrected chi connectivity index (χ3v) is 5.05. The minimum Gasteiger partial charge on any atom is -0.411 e. The van der Waals surface area contributed by atoms with Gasteiger partial charge in [0.2, 0.25) is 11.8 Å². The Morgan fingerprint density at radius 3 is 2.59 bits per heavy atom. The number of hydrogen-bond acceptors (Lipinski definition) is 5. The van der Waals surface area contributed by atoms with Gasteiger partial charge in [-0.25, -0.2) is 4.39 Å². The van der Waals surface area contributed by atoms with Gasteiger partial charge in [-0.15, -0.1) is 10.2 Å². The van der Waals surface area contributed by atoms with Crippen molar-refractivity contribution in [2.24, 2.45) is 0 Å². The van der Waals surface area contributed by atoms with E-state index in [0.717, 1.165) is 17.3 Å². The van der Waals surface area contributed by atoms with Crippen molar-refractivity contribution in [3.63, 3.8) is 0 Å². The van der Waals surface area contributed by atoms with Gasteiger partial charge in [0.25, 0.3) is 5.22 Å². The highest BCUT2D eigenvalue weighted by molar-refractivity contribution is 7.99. The van der Waals surface area contributed by atoms with Gasteiger partial charge >= 0.3 is 0 Å². The third-order valence-electron chi connectivity index (χ3n) is 4.23. The number of amides is 1. The molecular weight excluding hydrogens is 365 g/mol. The van der Waals surface area contributed by atoms with E-state index in [4.69, 9.17) is 4.42 Å². The number of aryl methyl sites for hydroxylation is 2. The maximum atomic E-state index is 13.0. The molecule has 0 aliphatic rings. The van der Waals surface area contributed by atoms with E-state index >= 15 is 0 Å². The fourth-order valence-electron chi connectivity index (χ4n) is 2.50. The number of halogens is 1. The largest absolute Gasteiger partial charge is 0.411 e. The molecule has 2 aromatic carbocycles. The van der Waals surface area contributed by atoms with Gasteiger partial charge in [0, 0.05) is 5.56 Å². The van der Waals surface area contributed by atoms with Crippen molar-refractivity contribution < 1.29 is 13.6 Å². The Labute approximate surface area is 161 Å². The Hall–Kier alpha value is -2.67. The smallest absolute Gasteiger partial charge is 0.277 e. The fourth-order valence-corrected chi connectivity index (χ4v) is 3.08. The predicted octanol–water partition coefficient (Wildman–Crippen LogP) is 4.46. The molecule has 5 nitrogen and oxygen atoms in total. The molecule has 3 rings (SSSR count). The Balaban J connectivity index is 1.54. The van der Waals surface area contributed by atoms with Gasteiger partial charge < -0.3 is 9.73 Å². The SMILES string of the molecule is Cc1ccc([C@H](C)NC(=O)CSc2nnc(-c3ccc(F)cc3)o2)cc1C. The van der Waals surface area contributed by atoms with Crippen LogP contribution in [0.4, 0.5) is 4.39 Å². The molecule has 0 spiro atoms. The van der Waals surface area contributed by atoms with E-state index in [2.05, 4.69) is 41.5 Å². The van der Waals surface area contributed by atoms with Gasteiger partial charge in [0.05, 0.1) is 11.8 Å².